The highest BCUT2D eigenvalue weighted by Crippen LogP contribution is 2.22. The smallest absolute Gasteiger partial charge is 0.261 e. The van der Waals surface area contributed by atoms with Crippen LogP contribution in [0.15, 0.2) is 48.5 Å². The number of benzene rings is 2. The van der Waals surface area contributed by atoms with Gasteiger partial charge in [0, 0.05) is 38.3 Å². The van der Waals surface area contributed by atoms with Gasteiger partial charge >= 0.3 is 0 Å². The molecular weight excluding hydrogens is 354 g/mol. The van der Waals surface area contributed by atoms with Crippen LogP contribution in [0.25, 0.3) is 0 Å². The largest absolute Gasteiger partial charge is 0.372 e. The highest BCUT2D eigenvalue weighted by molar-refractivity contribution is 6.21. The Morgan fingerprint density at radius 2 is 1.50 bits per heavy atom. The molecule has 3 amide bonds. The van der Waals surface area contributed by atoms with Crippen LogP contribution >= 0.6 is 0 Å². The van der Waals surface area contributed by atoms with E-state index in [1.807, 2.05) is 12.1 Å². The van der Waals surface area contributed by atoms with E-state index in [0.29, 0.717) is 17.7 Å². The lowest BCUT2D eigenvalue weighted by Gasteiger charge is -2.18. The lowest BCUT2D eigenvalue weighted by molar-refractivity contribution is -0.121. The first-order chi connectivity index (χ1) is 13.6. The van der Waals surface area contributed by atoms with Gasteiger partial charge < -0.3 is 10.2 Å². The second-order valence-corrected chi connectivity index (χ2v) is 7.19. The number of anilines is 1. The predicted octanol–water partition coefficient (Wildman–Crippen LogP) is 2.59. The summed E-state index contributed by atoms with van der Waals surface area (Å²) < 4.78 is 0. The van der Waals surface area contributed by atoms with Crippen molar-refractivity contribution in [1.29, 1.82) is 0 Å². The van der Waals surface area contributed by atoms with Crippen molar-refractivity contribution in [3.8, 4) is 0 Å². The van der Waals surface area contributed by atoms with Gasteiger partial charge in [0.25, 0.3) is 11.8 Å². The zero-order valence-corrected chi connectivity index (χ0v) is 15.7. The second kappa shape index (κ2) is 7.84. The van der Waals surface area contributed by atoms with Gasteiger partial charge in [0.15, 0.2) is 0 Å². The fourth-order valence-corrected chi connectivity index (χ4v) is 3.74. The number of imide groups is 1. The number of rotatable bonds is 6. The molecule has 6 nitrogen and oxygen atoms in total. The molecule has 0 radical (unpaired) electrons. The molecule has 0 saturated carbocycles. The number of fused-ring (bicyclic) bond motifs is 1. The highest BCUT2D eigenvalue weighted by Gasteiger charge is 2.34. The van der Waals surface area contributed by atoms with Gasteiger partial charge in [-0.2, -0.15) is 0 Å². The number of carbonyl (C=O) groups excluding carboxylic acids is 3. The van der Waals surface area contributed by atoms with E-state index in [2.05, 4.69) is 22.3 Å². The molecule has 0 bridgehead atoms. The summed E-state index contributed by atoms with van der Waals surface area (Å²) >= 11 is 0. The van der Waals surface area contributed by atoms with E-state index in [-0.39, 0.29) is 30.7 Å². The van der Waals surface area contributed by atoms with Crippen LogP contribution < -0.4 is 10.2 Å². The number of hydrogen-bond acceptors (Lipinski definition) is 4. The van der Waals surface area contributed by atoms with Crippen LogP contribution in [-0.2, 0) is 11.3 Å². The summed E-state index contributed by atoms with van der Waals surface area (Å²) in [5, 5.41) is 2.86. The molecule has 4 rings (SSSR count). The molecule has 2 heterocycles. The number of carbonyl (C=O) groups is 3. The van der Waals surface area contributed by atoms with Gasteiger partial charge in [0.2, 0.25) is 5.91 Å². The van der Waals surface area contributed by atoms with E-state index in [4.69, 9.17) is 0 Å². The van der Waals surface area contributed by atoms with Gasteiger partial charge in [-0.1, -0.05) is 24.3 Å². The molecule has 144 valence electrons. The Balaban J connectivity index is 1.26. The van der Waals surface area contributed by atoms with Crippen LogP contribution in [0.3, 0.4) is 0 Å². The van der Waals surface area contributed by atoms with Crippen LogP contribution in [0.1, 0.15) is 45.5 Å². The van der Waals surface area contributed by atoms with Crippen molar-refractivity contribution in [2.24, 2.45) is 0 Å². The van der Waals surface area contributed by atoms with Crippen LogP contribution in [0.5, 0.6) is 0 Å². The van der Waals surface area contributed by atoms with E-state index in [0.717, 1.165) is 23.6 Å². The van der Waals surface area contributed by atoms with Crippen molar-refractivity contribution in [3.63, 3.8) is 0 Å². The number of nitrogens with zero attached hydrogens (tertiary/aromatic N) is 2. The molecule has 0 aromatic heterocycles. The Bertz CT molecular complexity index is 866. The first-order valence-corrected chi connectivity index (χ1v) is 9.69. The lowest BCUT2D eigenvalue weighted by atomic mass is 10.1. The lowest BCUT2D eigenvalue weighted by Crippen LogP contribution is -2.34. The average molecular weight is 377 g/mol. The molecule has 1 N–H and O–H groups in total. The third-order valence-corrected chi connectivity index (χ3v) is 5.34. The summed E-state index contributed by atoms with van der Waals surface area (Å²) in [6.45, 7) is 2.73. The Morgan fingerprint density at radius 1 is 0.893 bits per heavy atom. The Kier molecular flexibility index (Phi) is 5.10. The van der Waals surface area contributed by atoms with E-state index in [1.54, 1.807) is 24.3 Å². The summed E-state index contributed by atoms with van der Waals surface area (Å²) in [6.07, 6.45) is 2.58. The zero-order valence-electron chi connectivity index (χ0n) is 15.7. The summed E-state index contributed by atoms with van der Waals surface area (Å²) in [5.41, 5.74) is 3.06. The Morgan fingerprint density at radius 3 is 2.11 bits per heavy atom. The van der Waals surface area contributed by atoms with E-state index in [9.17, 15) is 14.4 Å². The molecule has 2 aliphatic heterocycles. The first kappa shape index (κ1) is 18.2. The number of nitrogens with one attached hydrogen (secondary N) is 1. The van der Waals surface area contributed by atoms with Crippen LogP contribution in [0.4, 0.5) is 5.69 Å². The molecule has 2 aromatic carbocycles. The highest BCUT2D eigenvalue weighted by atomic mass is 16.2. The molecule has 0 aliphatic carbocycles. The fraction of sp³-hybridized carbons (Fsp3) is 0.318. The molecule has 28 heavy (non-hydrogen) atoms. The third-order valence-electron chi connectivity index (χ3n) is 5.34. The molecular formula is C22H23N3O3. The van der Waals surface area contributed by atoms with Crippen LogP contribution in [0.2, 0.25) is 0 Å². The maximum Gasteiger partial charge on any atom is 0.261 e. The molecule has 1 saturated heterocycles. The summed E-state index contributed by atoms with van der Waals surface area (Å²) in [7, 11) is 0. The molecule has 0 spiro atoms. The SMILES string of the molecule is O=C(CCN1C(=O)c2ccccc2C1=O)NCc1ccc(N2CCCC2)cc1. The molecule has 2 aromatic rings. The van der Waals surface area contributed by atoms with Gasteiger partial charge in [-0.3, -0.25) is 19.3 Å². The monoisotopic (exact) mass is 377 g/mol. The minimum atomic E-state index is -0.328. The molecule has 0 unspecified atom stereocenters. The molecule has 2 aliphatic rings. The predicted molar refractivity (Wildman–Crippen MR) is 106 cm³/mol. The van der Waals surface area contributed by atoms with Gasteiger partial charge in [0.1, 0.15) is 0 Å². The van der Waals surface area contributed by atoms with E-state index >= 15 is 0 Å². The molecule has 0 atom stereocenters. The van der Waals surface area contributed by atoms with Crippen molar-refractivity contribution in [1.82, 2.24) is 10.2 Å². The Hall–Kier alpha value is -3.15. The van der Waals surface area contributed by atoms with Gasteiger partial charge in [-0.05, 0) is 42.7 Å². The fourth-order valence-electron chi connectivity index (χ4n) is 3.74. The van der Waals surface area contributed by atoms with Gasteiger partial charge in [-0.25, -0.2) is 0 Å². The topological polar surface area (TPSA) is 69.7 Å². The van der Waals surface area contributed by atoms with Crippen molar-refractivity contribution < 1.29 is 14.4 Å². The van der Waals surface area contributed by atoms with Gasteiger partial charge in [0.05, 0.1) is 11.1 Å². The van der Waals surface area contributed by atoms with E-state index < -0.39 is 0 Å². The Labute approximate surface area is 164 Å². The standard InChI is InChI=1S/C22H23N3O3/c26-20(11-14-25-21(27)18-5-1-2-6-19(18)22(25)28)23-15-16-7-9-17(10-8-16)24-12-3-4-13-24/h1-2,5-10H,3-4,11-15H2,(H,23,26). The van der Waals surface area contributed by atoms with Crippen molar-refractivity contribution in [3.05, 3.63) is 65.2 Å². The minimum absolute atomic E-state index is 0.0894. The number of hydrogen-bond donors (Lipinski definition) is 1. The third kappa shape index (κ3) is 3.63. The maximum atomic E-state index is 12.3. The van der Waals surface area contributed by atoms with Crippen LogP contribution in [0, 0.1) is 0 Å². The average Bonchev–Trinajstić information content (AvgIpc) is 3.34. The molecule has 6 heteroatoms. The normalized spacial score (nSPS) is 15.9. The maximum absolute atomic E-state index is 12.3. The summed E-state index contributed by atoms with van der Waals surface area (Å²) in [4.78, 5) is 40.3. The summed E-state index contributed by atoms with van der Waals surface area (Å²) in [6, 6.07) is 15.0. The van der Waals surface area contributed by atoms with Crippen molar-refractivity contribution in [2.75, 3.05) is 24.5 Å². The number of amides is 3. The zero-order chi connectivity index (χ0) is 19.5. The second-order valence-electron chi connectivity index (χ2n) is 7.19. The van der Waals surface area contributed by atoms with Crippen molar-refractivity contribution >= 4 is 23.4 Å². The summed E-state index contributed by atoms with van der Waals surface area (Å²) in [5.74, 6) is -0.836. The van der Waals surface area contributed by atoms with E-state index in [1.165, 1.54) is 18.5 Å². The van der Waals surface area contributed by atoms with Gasteiger partial charge in [-0.15, -0.1) is 0 Å². The van der Waals surface area contributed by atoms with Crippen molar-refractivity contribution in [2.45, 2.75) is 25.8 Å². The molecule has 1 fully saturated rings. The first-order valence-electron chi connectivity index (χ1n) is 9.69. The van der Waals surface area contributed by atoms with Crippen LogP contribution in [-0.4, -0.2) is 42.3 Å². The quantitative estimate of drug-likeness (QED) is 0.786. The minimum Gasteiger partial charge on any atom is -0.372 e.